The maximum Gasteiger partial charge on any atom is 0.161 e. The van der Waals surface area contributed by atoms with Crippen molar-refractivity contribution in [3.63, 3.8) is 0 Å². The Morgan fingerprint density at radius 2 is 1.96 bits per heavy atom. The van der Waals surface area contributed by atoms with Crippen molar-refractivity contribution < 1.29 is 9.47 Å². The summed E-state index contributed by atoms with van der Waals surface area (Å²) in [5.74, 6) is 2.68. The molecule has 4 rings (SSSR count). The highest BCUT2D eigenvalue weighted by atomic mass is 16.5. The number of fused-ring (bicyclic) bond motifs is 1. The van der Waals surface area contributed by atoms with E-state index < -0.39 is 0 Å². The number of hydrogen-bond donors (Lipinski definition) is 0. The number of benzene rings is 1. The maximum absolute atomic E-state index is 6.10. The number of nitrogens with zero attached hydrogens (tertiary/aromatic N) is 1. The van der Waals surface area contributed by atoms with Crippen LogP contribution in [0.2, 0.25) is 0 Å². The molecule has 3 nitrogen and oxygen atoms in total. The first-order valence-corrected chi connectivity index (χ1v) is 10.3. The molecule has 2 atom stereocenters. The van der Waals surface area contributed by atoms with Crippen LogP contribution in [0.15, 0.2) is 18.2 Å². The molecule has 1 saturated heterocycles. The van der Waals surface area contributed by atoms with Gasteiger partial charge in [-0.2, -0.15) is 0 Å². The third kappa shape index (κ3) is 3.40. The first-order chi connectivity index (χ1) is 12.2. The van der Waals surface area contributed by atoms with Gasteiger partial charge in [-0.15, -0.1) is 0 Å². The fourth-order valence-corrected chi connectivity index (χ4v) is 4.92. The van der Waals surface area contributed by atoms with Crippen LogP contribution in [0, 0.1) is 5.92 Å². The highest BCUT2D eigenvalue weighted by Gasteiger charge is 2.48. The van der Waals surface area contributed by atoms with Crippen molar-refractivity contribution in [3.8, 4) is 11.5 Å². The van der Waals surface area contributed by atoms with E-state index in [9.17, 15) is 0 Å². The topological polar surface area (TPSA) is 21.7 Å². The zero-order valence-corrected chi connectivity index (χ0v) is 15.9. The summed E-state index contributed by atoms with van der Waals surface area (Å²) in [5, 5.41) is 0. The summed E-state index contributed by atoms with van der Waals surface area (Å²) < 4.78 is 12.2. The van der Waals surface area contributed by atoms with Crippen molar-refractivity contribution >= 4 is 0 Å². The third-order valence-corrected chi connectivity index (χ3v) is 6.58. The fraction of sp³-hybridized carbons (Fsp3) is 0.727. The van der Waals surface area contributed by atoms with Crippen LogP contribution in [0.3, 0.4) is 0 Å². The summed E-state index contributed by atoms with van der Waals surface area (Å²) in [5.41, 5.74) is 1.80. The van der Waals surface area contributed by atoms with Crippen molar-refractivity contribution in [2.75, 3.05) is 26.8 Å². The molecule has 25 heavy (non-hydrogen) atoms. The minimum absolute atomic E-state index is 0.326. The Labute approximate surface area is 152 Å². The molecule has 0 radical (unpaired) electrons. The Hall–Kier alpha value is -1.22. The molecule has 0 aromatic heterocycles. The van der Waals surface area contributed by atoms with E-state index in [1.807, 2.05) is 0 Å². The van der Waals surface area contributed by atoms with Crippen molar-refractivity contribution in [3.05, 3.63) is 23.8 Å². The maximum atomic E-state index is 6.10. The van der Waals surface area contributed by atoms with Crippen molar-refractivity contribution in [2.24, 2.45) is 5.92 Å². The minimum Gasteiger partial charge on any atom is -0.490 e. The lowest BCUT2D eigenvalue weighted by Gasteiger charge is -2.42. The molecule has 1 aliphatic heterocycles. The molecule has 1 aromatic rings. The van der Waals surface area contributed by atoms with Gasteiger partial charge in [-0.3, -0.25) is 0 Å². The van der Waals surface area contributed by atoms with E-state index in [1.54, 1.807) is 0 Å². The van der Waals surface area contributed by atoms with E-state index in [4.69, 9.17) is 9.47 Å². The van der Waals surface area contributed by atoms with Crippen LogP contribution in [0.4, 0.5) is 0 Å². The Bertz CT molecular complexity index is 594. The number of ether oxygens (including phenoxy) is 2. The summed E-state index contributed by atoms with van der Waals surface area (Å²) >= 11 is 0. The van der Waals surface area contributed by atoms with Gasteiger partial charge in [0.2, 0.25) is 0 Å². The Balaban J connectivity index is 1.61. The highest BCUT2D eigenvalue weighted by Crippen LogP contribution is 2.49. The summed E-state index contributed by atoms with van der Waals surface area (Å²) in [7, 11) is 2.30. The van der Waals surface area contributed by atoms with Gasteiger partial charge >= 0.3 is 0 Å². The van der Waals surface area contributed by atoms with Gasteiger partial charge < -0.3 is 14.4 Å². The molecule has 2 saturated carbocycles. The predicted octanol–water partition coefficient (Wildman–Crippen LogP) is 4.78. The second kappa shape index (κ2) is 7.19. The predicted molar refractivity (Wildman–Crippen MR) is 102 cm³/mol. The Morgan fingerprint density at radius 3 is 2.76 bits per heavy atom. The quantitative estimate of drug-likeness (QED) is 0.711. The summed E-state index contributed by atoms with van der Waals surface area (Å²) in [6.45, 7) is 4.99. The average Bonchev–Trinajstić information content (AvgIpc) is 3.41. The van der Waals surface area contributed by atoms with Gasteiger partial charge in [0.15, 0.2) is 11.5 Å². The summed E-state index contributed by atoms with van der Waals surface area (Å²) in [6, 6.07) is 7.52. The number of likely N-dealkylation sites (tertiary alicyclic amines) is 1. The molecule has 0 spiro atoms. The summed E-state index contributed by atoms with van der Waals surface area (Å²) in [6.07, 6.45) is 10.3. The molecule has 1 aromatic carbocycles. The van der Waals surface area contributed by atoms with Crippen LogP contribution in [-0.2, 0) is 5.41 Å². The van der Waals surface area contributed by atoms with Gasteiger partial charge in [0.1, 0.15) is 0 Å². The van der Waals surface area contributed by atoms with Crippen LogP contribution in [0.5, 0.6) is 11.5 Å². The molecule has 3 heteroatoms. The first kappa shape index (κ1) is 17.2. The number of hydrogen-bond acceptors (Lipinski definition) is 3. The van der Waals surface area contributed by atoms with E-state index in [2.05, 4.69) is 37.1 Å². The van der Waals surface area contributed by atoms with Crippen LogP contribution in [0.25, 0.3) is 0 Å². The molecular weight excluding hydrogens is 310 g/mol. The lowest BCUT2D eigenvalue weighted by Crippen LogP contribution is -2.43. The van der Waals surface area contributed by atoms with Crippen molar-refractivity contribution in [1.82, 2.24) is 4.90 Å². The molecule has 3 aliphatic rings. The van der Waals surface area contributed by atoms with Crippen LogP contribution < -0.4 is 9.47 Å². The van der Waals surface area contributed by atoms with Crippen LogP contribution >= 0.6 is 0 Å². The van der Waals surface area contributed by atoms with E-state index in [0.717, 1.165) is 37.1 Å². The van der Waals surface area contributed by atoms with Gasteiger partial charge in [-0.25, -0.2) is 0 Å². The lowest BCUT2D eigenvalue weighted by molar-refractivity contribution is 0.181. The zero-order valence-electron chi connectivity index (χ0n) is 15.9. The van der Waals surface area contributed by atoms with Gasteiger partial charge in [0.05, 0.1) is 13.2 Å². The second-order valence-electron chi connectivity index (χ2n) is 8.41. The van der Waals surface area contributed by atoms with E-state index in [-0.39, 0.29) is 0 Å². The van der Waals surface area contributed by atoms with Gasteiger partial charge in [0, 0.05) is 11.5 Å². The molecule has 138 valence electrons. The highest BCUT2D eigenvalue weighted by molar-refractivity contribution is 5.46. The number of rotatable bonds is 7. The minimum atomic E-state index is 0.326. The molecule has 2 aliphatic carbocycles. The van der Waals surface area contributed by atoms with Crippen LogP contribution in [0.1, 0.15) is 63.9 Å². The molecule has 1 heterocycles. The molecule has 0 N–H and O–H groups in total. The lowest BCUT2D eigenvalue weighted by atomic mass is 9.66. The molecule has 1 unspecified atom stereocenters. The monoisotopic (exact) mass is 343 g/mol. The Morgan fingerprint density at radius 1 is 1.08 bits per heavy atom. The van der Waals surface area contributed by atoms with E-state index >= 15 is 0 Å². The Kier molecular flexibility index (Phi) is 4.95. The second-order valence-corrected chi connectivity index (χ2v) is 8.41. The van der Waals surface area contributed by atoms with Crippen molar-refractivity contribution in [1.29, 1.82) is 0 Å². The van der Waals surface area contributed by atoms with E-state index in [1.165, 1.54) is 57.1 Å². The largest absolute Gasteiger partial charge is 0.490 e. The zero-order chi connectivity index (χ0) is 17.3. The fourth-order valence-electron chi connectivity index (χ4n) is 4.92. The third-order valence-electron chi connectivity index (χ3n) is 6.58. The molecule has 3 fully saturated rings. The van der Waals surface area contributed by atoms with Crippen LogP contribution in [-0.4, -0.2) is 37.7 Å². The van der Waals surface area contributed by atoms with Crippen molar-refractivity contribution in [2.45, 2.75) is 69.7 Å². The molecular formula is C22H33NO2. The smallest absolute Gasteiger partial charge is 0.161 e. The first-order valence-electron chi connectivity index (χ1n) is 10.3. The van der Waals surface area contributed by atoms with Gasteiger partial charge in [0.25, 0.3) is 0 Å². The van der Waals surface area contributed by atoms with Gasteiger partial charge in [-0.05, 0) is 75.7 Å². The summed E-state index contributed by atoms with van der Waals surface area (Å²) in [4.78, 5) is 2.59. The normalized spacial score (nSPS) is 29.4. The van der Waals surface area contributed by atoms with E-state index in [0.29, 0.717) is 11.5 Å². The average molecular weight is 344 g/mol. The standard InChI is InChI=1S/C22H33NO2/c1-3-14-24-20-15-18(9-10-19(20)25-16-17-7-8-17)22-11-5-4-6-21(22)23(2)13-12-22/h9-10,15,17,21H,3-8,11-14,16H2,1-2H3/t21?,22-/m0/s1. The SMILES string of the molecule is CCCOc1cc([C@@]23CCCCC2N(C)CC3)ccc1OCC1CC1. The molecule has 0 bridgehead atoms. The van der Waals surface area contributed by atoms with Gasteiger partial charge in [-0.1, -0.05) is 25.8 Å². The number of likely N-dealkylation sites (N-methyl/N-ethyl adjacent to an activating group) is 1. The molecule has 0 amide bonds.